The van der Waals surface area contributed by atoms with Gasteiger partial charge in [-0.2, -0.15) is 0 Å². The molecule has 0 saturated carbocycles. The minimum absolute atomic E-state index is 0.0720. The first-order valence-corrected chi connectivity index (χ1v) is 5.32. The van der Waals surface area contributed by atoms with Gasteiger partial charge in [-0.05, 0) is 26.0 Å². The largest absolute Gasteiger partial charge is 0.477 e. The molecule has 94 valence electrons. The SMILES string of the molecule is COC(C)(C)CCOc1ncccc1C(=O)O. The summed E-state index contributed by atoms with van der Waals surface area (Å²) in [5.41, 5.74) is -0.222. The minimum atomic E-state index is -1.04. The van der Waals surface area contributed by atoms with Gasteiger partial charge in [0.2, 0.25) is 5.88 Å². The van der Waals surface area contributed by atoms with Gasteiger partial charge in [0.1, 0.15) is 5.56 Å². The van der Waals surface area contributed by atoms with E-state index in [1.54, 1.807) is 13.2 Å². The van der Waals surface area contributed by atoms with Crippen molar-refractivity contribution in [1.29, 1.82) is 0 Å². The second-order valence-electron chi connectivity index (χ2n) is 4.22. The zero-order chi connectivity index (χ0) is 12.9. The average Bonchev–Trinajstić information content (AvgIpc) is 2.29. The fourth-order valence-electron chi connectivity index (χ4n) is 1.16. The first kappa shape index (κ1) is 13.4. The van der Waals surface area contributed by atoms with Gasteiger partial charge in [0.15, 0.2) is 0 Å². The van der Waals surface area contributed by atoms with Crippen molar-refractivity contribution < 1.29 is 19.4 Å². The summed E-state index contributed by atoms with van der Waals surface area (Å²) in [6.45, 7) is 4.23. The number of ether oxygens (including phenoxy) is 2. The van der Waals surface area contributed by atoms with Crippen LogP contribution in [0.1, 0.15) is 30.6 Å². The third-order valence-corrected chi connectivity index (χ3v) is 2.50. The number of carboxylic acid groups (broad SMARTS) is 1. The number of carboxylic acids is 1. The first-order chi connectivity index (χ1) is 7.96. The molecule has 1 heterocycles. The van der Waals surface area contributed by atoms with Crippen LogP contribution in [0.3, 0.4) is 0 Å². The van der Waals surface area contributed by atoms with E-state index in [2.05, 4.69) is 4.98 Å². The molecule has 0 aliphatic carbocycles. The lowest BCUT2D eigenvalue weighted by Crippen LogP contribution is -2.25. The lowest BCUT2D eigenvalue weighted by Gasteiger charge is -2.22. The van der Waals surface area contributed by atoms with Crippen LogP contribution in [-0.2, 0) is 4.74 Å². The normalized spacial score (nSPS) is 11.2. The molecule has 0 spiro atoms. The Morgan fingerprint density at radius 3 is 2.82 bits per heavy atom. The summed E-state index contributed by atoms with van der Waals surface area (Å²) in [4.78, 5) is 14.8. The predicted molar refractivity (Wildman–Crippen MR) is 62.4 cm³/mol. The fourth-order valence-corrected chi connectivity index (χ4v) is 1.16. The molecule has 0 aliphatic rings. The van der Waals surface area contributed by atoms with E-state index in [1.165, 1.54) is 12.3 Å². The summed E-state index contributed by atoms with van der Waals surface area (Å²) in [6.07, 6.45) is 2.16. The maximum atomic E-state index is 10.9. The maximum Gasteiger partial charge on any atom is 0.341 e. The van der Waals surface area contributed by atoms with Crippen molar-refractivity contribution in [3.05, 3.63) is 23.9 Å². The molecular formula is C12H17NO4. The summed E-state index contributed by atoms with van der Waals surface area (Å²) in [6, 6.07) is 3.03. The minimum Gasteiger partial charge on any atom is -0.477 e. The summed E-state index contributed by atoms with van der Waals surface area (Å²) in [7, 11) is 1.63. The molecule has 0 bridgehead atoms. The number of rotatable bonds is 6. The third-order valence-electron chi connectivity index (χ3n) is 2.50. The van der Waals surface area contributed by atoms with Crippen molar-refractivity contribution in [2.45, 2.75) is 25.9 Å². The van der Waals surface area contributed by atoms with Gasteiger partial charge in [-0.25, -0.2) is 9.78 Å². The molecular weight excluding hydrogens is 222 g/mol. The Labute approximate surface area is 100 Å². The first-order valence-electron chi connectivity index (χ1n) is 5.32. The highest BCUT2D eigenvalue weighted by molar-refractivity contribution is 5.90. The monoisotopic (exact) mass is 239 g/mol. The molecule has 1 N–H and O–H groups in total. The van der Waals surface area contributed by atoms with Crippen LogP contribution in [0.5, 0.6) is 5.88 Å². The molecule has 1 aromatic heterocycles. The van der Waals surface area contributed by atoms with Gasteiger partial charge >= 0.3 is 5.97 Å². The zero-order valence-electron chi connectivity index (χ0n) is 10.3. The number of aromatic nitrogens is 1. The van der Waals surface area contributed by atoms with E-state index in [1.807, 2.05) is 13.8 Å². The van der Waals surface area contributed by atoms with Crippen molar-refractivity contribution in [1.82, 2.24) is 4.98 Å². The molecule has 0 unspecified atom stereocenters. The highest BCUT2D eigenvalue weighted by Gasteiger charge is 2.17. The lowest BCUT2D eigenvalue weighted by atomic mass is 10.1. The smallest absolute Gasteiger partial charge is 0.341 e. The molecule has 1 rings (SSSR count). The molecule has 17 heavy (non-hydrogen) atoms. The van der Waals surface area contributed by atoms with Crippen molar-refractivity contribution in [2.24, 2.45) is 0 Å². The Kier molecular flexibility index (Phi) is 4.45. The molecule has 0 radical (unpaired) electrons. The van der Waals surface area contributed by atoms with Gasteiger partial charge in [0, 0.05) is 19.7 Å². The predicted octanol–water partition coefficient (Wildman–Crippen LogP) is 1.97. The molecule has 0 saturated heterocycles. The summed E-state index contributed by atoms with van der Waals surface area (Å²) < 4.78 is 10.6. The second-order valence-corrected chi connectivity index (χ2v) is 4.22. The standard InChI is InChI=1S/C12H17NO4/c1-12(2,16-3)6-8-17-10-9(11(14)15)5-4-7-13-10/h4-5,7H,6,8H2,1-3H3,(H,14,15). The van der Waals surface area contributed by atoms with Crippen LogP contribution in [0.15, 0.2) is 18.3 Å². The second kappa shape index (κ2) is 5.63. The van der Waals surface area contributed by atoms with Crippen molar-refractivity contribution in [3.8, 4) is 5.88 Å². The van der Waals surface area contributed by atoms with E-state index in [0.717, 1.165) is 0 Å². The molecule has 0 amide bonds. The maximum absolute atomic E-state index is 10.9. The van der Waals surface area contributed by atoms with E-state index in [9.17, 15) is 4.79 Å². The number of carbonyl (C=O) groups is 1. The fraction of sp³-hybridized carbons (Fsp3) is 0.500. The van der Waals surface area contributed by atoms with Gasteiger partial charge in [-0.1, -0.05) is 0 Å². The van der Waals surface area contributed by atoms with Crippen molar-refractivity contribution in [3.63, 3.8) is 0 Å². The Hall–Kier alpha value is -1.62. The summed E-state index contributed by atoms with van der Waals surface area (Å²) in [5.74, 6) is -0.897. The molecule has 5 nitrogen and oxygen atoms in total. The quantitative estimate of drug-likeness (QED) is 0.822. The number of aromatic carboxylic acids is 1. The van der Waals surface area contributed by atoms with E-state index < -0.39 is 5.97 Å². The topological polar surface area (TPSA) is 68.7 Å². The van der Waals surface area contributed by atoms with Crippen molar-refractivity contribution >= 4 is 5.97 Å². The Bertz CT molecular complexity index is 390. The van der Waals surface area contributed by atoms with Gasteiger partial charge in [-0.3, -0.25) is 0 Å². The molecule has 0 fully saturated rings. The molecule has 0 aromatic carbocycles. The Morgan fingerprint density at radius 1 is 1.53 bits per heavy atom. The Balaban J connectivity index is 2.61. The van der Waals surface area contributed by atoms with Crippen molar-refractivity contribution in [2.75, 3.05) is 13.7 Å². The number of methoxy groups -OCH3 is 1. The molecule has 0 atom stereocenters. The average molecular weight is 239 g/mol. The van der Waals surface area contributed by atoms with E-state index in [-0.39, 0.29) is 17.0 Å². The third kappa shape index (κ3) is 4.03. The molecule has 0 aliphatic heterocycles. The lowest BCUT2D eigenvalue weighted by molar-refractivity contribution is 0.00499. The van der Waals surface area contributed by atoms with Crippen LogP contribution in [0.2, 0.25) is 0 Å². The summed E-state index contributed by atoms with van der Waals surface area (Å²) >= 11 is 0. The number of nitrogens with zero attached hydrogens (tertiary/aromatic N) is 1. The van der Waals surface area contributed by atoms with Crippen LogP contribution in [0.4, 0.5) is 0 Å². The van der Waals surface area contributed by atoms with Crippen LogP contribution >= 0.6 is 0 Å². The highest BCUT2D eigenvalue weighted by Crippen LogP contribution is 2.17. The Morgan fingerprint density at radius 2 is 2.24 bits per heavy atom. The molecule has 5 heteroatoms. The number of hydrogen-bond acceptors (Lipinski definition) is 4. The van der Waals surface area contributed by atoms with Crippen LogP contribution in [0, 0.1) is 0 Å². The zero-order valence-corrected chi connectivity index (χ0v) is 10.3. The van der Waals surface area contributed by atoms with Crippen LogP contribution in [0.25, 0.3) is 0 Å². The summed E-state index contributed by atoms with van der Waals surface area (Å²) in [5, 5.41) is 8.93. The van der Waals surface area contributed by atoms with E-state index >= 15 is 0 Å². The van der Waals surface area contributed by atoms with Gasteiger partial charge < -0.3 is 14.6 Å². The van der Waals surface area contributed by atoms with Gasteiger partial charge in [0.25, 0.3) is 0 Å². The van der Waals surface area contributed by atoms with Crippen LogP contribution in [-0.4, -0.2) is 35.4 Å². The van der Waals surface area contributed by atoms with Gasteiger partial charge in [0.05, 0.1) is 12.2 Å². The van der Waals surface area contributed by atoms with E-state index in [0.29, 0.717) is 13.0 Å². The number of hydrogen-bond donors (Lipinski definition) is 1. The van der Waals surface area contributed by atoms with E-state index in [4.69, 9.17) is 14.6 Å². The highest BCUT2D eigenvalue weighted by atomic mass is 16.5. The van der Waals surface area contributed by atoms with Gasteiger partial charge in [-0.15, -0.1) is 0 Å². The number of pyridine rings is 1. The molecule has 1 aromatic rings. The van der Waals surface area contributed by atoms with Crippen LogP contribution < -0.4 is 4.74 Å².